The summed E-state index contributed by atoms with van der Waals surface area (Å²) >= 11 is 0. The Morgan fingerprint density at radius 3 is 2.43 bits per heavy atom. The molecule has 2 rings (SSSR count). The van der Waals surface area contributed by atoms with Crippen LogP contribution in [-0.4, -0.2) is 42.5 Å². The van der Waals surface area contributed by atoms with Gasteiger partial charge in [0.05, 0.1) is 6.04 Å². The van der Waals surface area contributed by atoms with E-state index < -0.39 is 0 Å². The maximum Gasteiger partial charge on any atom is 0.158 e. The summed E-state index contributed by atoms with van der Waals surface area (Å²) in [7, 11) is 4.09. The minimum atomic E-state index is 0.000671. The second kappa shape index (κ2) is 3.31. The molecule has 0 aromatic heterocycles. The van der Waals surface area contributed by atoms with Crippen LogP contribution in [0.5, 0.6) is 0 Å². The molecule has 2 aliphatic rings. The first kappa shape index (κ1) is 10.1. The Kier molecular flexibility index (Phi) is 2.40. The van der Waals surface area contributed by atoms with Crippen molar-refractivity contribution >= 4 is 5.78 Å². The van der Waals surface area contributed by atoms with Crippen LogP contribution >= 0.6 is 0 Å². The summed E-state index contributed by atoms with van der Waals surface area (Å²) in [5, 5.41) is 4.27. The monoisotopic (exact) mass is 196 g/mol. The van der Waals surface area contributed by atoms with E-state index >= 15 is 0 Å². The van der Waals surface area contributed by atoms with E-state index in [-0.39, 0.29) is 11.5 Å². The molecule has 3 heteroatoms. The third-order valence-electron chi connectivity index (χ3n) is 4.09. The quantitative estimate of drug-likeness (QED) is 0.583. The standard InChI is InChI=1S/C11H20N2O/c1-9-10(14)11(6-4-5-7-11)8-12(2)13(9)3/h9H,4-8H2,1-3H3/t9-/m1/s1. The van der Waals surface area contributed by atoms with Gasteiger partial charge in [0.15, 0.2) is 5.78 Å². The summed E-state index contributed by atoms with van der Waals surface area (Å²) in [6.45, 7) is 2.95. The van der Waals surface area contributed by atoms with Crippen LogP contribution in [0, 0.1) is 5.41 Å². The molecule has 0 N–H and O–H groups in total. The molecule has 0 radical (unpaired) electrons. The summed E-state index contributed by atoms with van der Waals surface area (Å²) in [6, 6.07) is 0.0619. The van der Waals surface area contributed by atoms with E-state index in [1.165, 1.54) is 12.8 Å². The Balaban J connectivity index is 2.23. The van der Waals surface area contributed by atoms with Gasteiger partial charge < -0.3 is 0 Å². The van der Waals surface area contributed by atoms with Gasteiger partial charge in [-0.3, -0.25) is 4.79 Å². The average Bonchev–Trinajstić information content (AvgIpc) is 2.62. The number of hydrogen-bond acceptors (Lipinski definition) is 3. The van der Waals surface area contributed by atoms with Crippen LogP contribution in [-0.2, 0) is 4.79 Å². The van der Waals surface area contributed by atoms with E-state index in [1.807, 2.05) is 14.0 Å². The Morgan fingerprint density at radius 2 is 1.86 bits per heavy atom. The van der Waals surface area contributed by atoms with Gasteiger partial charge in [0, 0.05) is 26.1 Å². The van der Waals surface area contributed by atoms with Crippen molar-refractivity contribution in [1.29, 1.82) is 0 Å². The highest BCUT2D eigenvalue weighted by atomic mass is 16.1. The number of carbonyl (C=O) groups is 1. The van der Waals surface area contributed by atoms with Crippen LogP contribution < -0.4 is 0 Å². The molecule has 3 nitrogen and oxygen atoms in total. The number of likely N-dealkylation sites (N-methyl/N-ethyl adjacent to an activating group) is 1. The number of nitrogens with zero attached hydrogens (tertiary/aromatic N) is 2. The first-order valence-electron chi connectivity index (χ1n) is 5.55. The van der Waals surface area contributed by atoms with Crippen molar-refractivity contribution in [3.8, 4) is 0 Å². The van der Waals surface area contributed by atoms with Crippen molar-refractivity contribution in [2.45, 2.75) is 38.6 Å². The molecule has 0 bridgehead atoms. The van der Waals surface area contributed by atoms with Gasteiger partial charge in [-0.2, -0.15) is 0 Å². The molecule has 0 amide bonds. The van der Waals surface area contributed by atoms with Crippen LogP contribution in [0.3, 0.4) is 0 Å². The molecular weight excluding hydrogens is 176 g/mol. The van der Waals surface area contributed by atoms with Crippen LogP contribution in [0.1, 0.15) is 32.6 Å². The van der Waals surface area contributed by atoms with Gasteiger partial charge in [0.1, 0.15) is 0 Å². The van der Waals surface area contributed by atoms with Crippen molar-refractivity contribution in [3.63, 3.8) is 0 Å². The number of hydrogen-bond donors (Lipinski definition) is 0. The number of rotatable bonds is 0. The first-order valence-corrected chi connectivity index (χ1v) is 5.55. The summed E-state index contributed by atoms with van der Waals surface area (Å²) in [5.41, 5.74) is 0.000671. The molecule has 1 spiro atoms. The van der Waals surface area contributed by atoms with E-state index in [9.17, 15) is 4.79 Å². The van der Waals surface area contributed by atoms with Gasteiger partial charge >= 0.3 is 0 Å². The zero-order chi connectivity index (χ0) is 10.3. The van der Waals surface area contributed by atoms with Crippen molar-refractivity contribution in [1.82, 2.24) is 10.0 Å². The zero-order valence-electron chi connectivity index (χ0n) is 9.42. The normalized spacial score (nSPS) is 34.2. The minimum Gasteiger partial charge on any atom is -0.297 e. The van der Waals surface area contributed by atoms with Crippen LogP contribution in [0.15, 0.2) is 0 Å². The summed E-state index contributed by atoms with van der Waals surface area (Å²) < 4.78 is 0. The highest BCUT2D eigenvalue weighted by Gasteiger charge is 2.48. The molecular formula is C11H20N2O. The Labute approximate surface area is 86.0 Å². The van der Waals surface area contributed by atoms with Gasteiger partial charge in [-0.1, -0.05) is 12.8 Å². The van der Waals surface area contributed by atoms with Crippen molar-refractivity contribution < 1.29 is 4.79 Å². The molecule has 1 saturated heterocycles. The number of carbonyl (C=O) groups excluding carboxylic acids is 1. The Bertz CT molecular complexity index is 246. The minimum absolute atomic E-state index is 0.000671. The van der Waals surface area contributed by atoms with Gasteiger partial charge in [-0.25, -0.2) is 10.0 Å². The summed E-state index contributed by atoms with van der Waals surface area (Å²) in [6.07, 6.45) is 4.68. The van der Waals surface area contributed by atoms with Gasteiger partial charge in [-0.05, 0) is 19.8 Å². The zero-order valence-corrected chi connectivity index (χ0v) is 9.42. The van der Waals surface area contributed by atoms with E-state index in [2.05, 4.69) is 17.1 Å². The fourth-order valence-electron chi connectivity index (χ4n) is 2.99. The maximum absolute atomic E-state index is 12.2. The smallest absolute Gasteiger partial charge is 0.158 e. The van der Waals surface area contributed by atoms with Gasteiger partial charge in [-0.15, -0.1) is 0 Å². The van der Waals surface area contributed by atoms with Crippen LogP contribution in [0.25, 0.3) is 0 Å². The number of Topliss-reactive ketones (excluding diaryl/α,β-unsaturated/α-hetero) is 1. The molecule has 14 heavy (non-hydrogen) atoms. The predicted octanol–water partition coefficient (Wildman–Crippen LogP) is 1.30. The fourth-order valence-corrected chi connectivity index (χ4v) is 2.99. The maximum atomic E-state index is 12.2. The molecule has 1 atom stereocenters. The third-order valence-corrected chi connectivity index (χ3v) is 4.09. The lowest BCUT2D eigenvalue weighted by Crippen LogP contribution is -2.60. The van der Waals surface area contributed by atoms with Gasteiger partial charge in [0.25, 0.3) is 0 Å². The highest BCUT2D eigenvalue weighted by molar-refractivity contribution is 5.90. The van der Waals surface area contributed by atoms with Crippen molar-refractivity contribution in [3.05, 3.63) is 0 Å². The van der Waals surface area contributed by atoms with E-state index in [0.717, 1.165) is 19.4 Å². The molecule has 80 valence electrons. The lowest BCUT2D eigenvalue weighted by Gasteiger charge is -2.46. The topological polar surface area (TPSA) is 23.6 Å². The molecule has 0 aromatic carbocycles. The van der Waals surface area contributed by atoms with Crippen LogP contribution in [0.2, 0.25) is 0 Å². The lowest BCUT2D eigenvalue weighted by molar-refractivity contribution is -0.156. The second-order valence-corrected chi connectivity index (χ2v) is 4.92. The molecule has 2 fully saturated rings. The first-order chi connectivity index (χ1) is 6.57. The summed E-state index contributed by atoms with van der Waals surface area (Å²) in [5.74, 6) is 0.468. The molecule has 1 saturated carbocycles. The average molecular weight is 196 g/mol. The largest absolute Gasteiger partial charge is 0.297 e. The van der Waals surface area contributed by atoms with E-state index in [0.29, 0.717) is 5.78 Å². The molecule has 1 heterocycles. The van der Waals surface area contributed by atoms with Crippen molar-refractivity contribution in [2.24, 2.45) is 5.41 Å². The van der Waals surface area contributed by atoms with Crippen LogP contribution in [0.4, 0.5) is 0 Å². The number of hydrazine groups is 1. The Hall–Kier alpha value is -0.410. The SMILES string of the molecule is C[C@@H]1C(=O)C2(CCCC2)CN(C)N1C. The second-order valence-electron chi connectivity index (χ2n) is 4.92. The molecule has 0 aromatic rings. The Morgan fingerprint density at radius 1 is 1.29 bits per heavy atom. The van der Waals surface area contributed by atoms with E-state index in [4.69, 9.17) is 0 Å². The third kappa shape index (κ3) is 1.30. The molecule has 1 aliphatic heterocycles. The predicted molar refractivity (Wildman–Crippen MR) is 55.8 cm³/mol. The van der Waals surface area contributed by atoms with Gasteiger partial charge in [0.2, 0.25) is 0 Å². The lowest BCUT2D eigenvalue weighted by atomic mass is 9.77. The summed E-state index contributed by atoms with van der Waals surface area (Å²) in [4.78, 5) is 12.2. The fraction of sp³-hybridized carbons (Fsp3) is 0.909. The number of ketones is 1. The highest BCUT2D eigenvalue weighted by Crippen LogP contribution is 2.43. The van der Waals surface area contributed by atoms with Crippen molar-refractivity contribution in [2.75, 3.05) is 20.6 Å². The molecule has 1 aliphatic carbocycles. The van der Waals surface area contributed by atoms with E-state index in [1.54, 1.807) is 0 Å². The molecule has 0 unspecified atom stereocenters.